The lowest BCUT2D eigenvalue weighted by atomic mass is 9.99. The molecule has 28 heavy (non-hydrogen) atoms. The van der Waals surface area contributed by atoms with Crippen LogP contribution in [-0.2, 0) is 4.74 Å². The van der Waals surface area contributed by atoms with Crippen LogP contribution in [0.3, 0.4) is 0 Å². The average molecular weight is 519 g/mol. The first-order valence-electron chi connectivity index (χ1n) is 10.3. The van der Waals surface area contributed by atoms with Gasteiger partial charge in [0.2, 0.25) is 0 Å². The van der Waals surface area contributed by atoms with E-state index >= 15 is 0 Å². The van der Waals surface area contributed by atoms with Crippen molar-refractivity contribution < 1.29 is 4.74 Å². The molecule has 0 saturated carbocycles. The zero-order valence-electron chi connectivity index (χ0n) is 17.2. The Hall–Kier alpha value is -0.670. The molecule has 1 unspecified atom stereocenters. The van der Waals surface area contributed by atoms with Crippen molar-refractivity contribution in [1.82, 2.24) is 10.6 Å². The zero-order chi connectivity index (χ0) is 19.0. The number of anilines is 1. The molecule has 1 aromatic carbocycles. The highest BCUT2D eigenvalue weighted by molar-refractivity contribution is 14.0. The Kier molecular flexibility index (Phi) is 10.2. The molecular weight excluding hydrogens is 483 g/mol. The Morgan fingerprint density at radius 2 is 2.00 bits per heavy atom. The smallest absolute Gasteiger partial charge is 0.191 e. The summed E-state index contributed by atoms with van der Waals surface area (Å²) in [5, 5.41) is 7.12. The van der Waals surface area contributed by atoms with Crippen LogP contribution in [0.5, 0.6) is 0 Å². The zero-order valence-corrected chi connectivity index (χ0v) is 20.3. The maximum absolute atomic E-state index is 5.59. The van der Waals surface area contributed by atoms with Gasteiger partial charge in [-0.1, -0.05) is 25.1 Å². The standard InChI is InChI=1S/C21H34N4OS.HI/c1-3-22-20(23-17-21(27-4-2)11-14-26-15-12-21)24-18-10-13-25(16-18)19-8-6-5-7-9-19;/h5-9,18H,3-4,10-17H2,1-2H3,(H2,22,23,24);1H. The molecule has 7 heteroatoms. The number of ether oxygens (including phenoxy) is 1. The Balaban J connectivity index is 0.00000280. The van der Waals surface area contributed by atoms with Gasteiger partial charge in [-0.25, -0.2) is 0 Å². The molecule has 1 aromatic rings. The summed E-state index contributed by atoms with van der Waals surface area (Å²) in [5.41, 5.74) is 1.31. The molecule has 3 rings (SSSR count). The topological polar surface area (TPSA) is 48.9 Å². The van der Waals surface area contributed by atoms with Gasteiger partial charge < -0.3 is 20.3 Å². The fourth-order valence-corrected chi connectivity index (χ4v) is 5.11. The van der Waals surface area contributed by atoms with Gasteiger partial charge in [-0.05, 0) is 44.1 Å². The maximum atomic E-state index is 5.59. The van der Waals surface area contributed by atoms with Crippen LogP contribution in [-0.4, -0.2) is 61.9 Å². The molecule has 2 N–H and O–H groups in total. The van der Waals surface area contributed by atoms with Crippen LogP contribution in [0.1, 0.15) is 33.1 Å². The number of hydrogen-bond acceptors (Lipinski definition) is 4. The fraction of sp³-hybridized carbons (Fsp3) is 0.667. The van der Waals surface area contributed by atoms with Gasteiger partial charge in [-0.2, -0.15) is 11.8 Å². The summed E-state index contributed by atoms with van der Waals surface area (Å²) in [6.07, 6.45) is 3.33. The second-order valence-corrected chi connectivity index (χ2v) is 9.07. The van der Waals surface area contributed by atoms with Crippen molar-refractivity contribution in [2.45, 2.75) is 43.9 Å². The summed E-state index contributed by atoms with van der Waals surface area (Å²) in [5.74, 6) is 2.09. The number of guanidine groups is 1. The number of para-hydroxylation sites is 1. The highest BCUT2D eigenvalue weighted by Crippen LogP contribution is 2.35. The van der Waals surface area contributed by atoms with E-state index in [1.54, 1.807) is 0 Å². The molecule has 0 spiro atoms. The maximum Gasteiger partial charge on any atom is 0.191 e. The Labute approximate surface area is 191 Å². The number of nitrogens with one attached hydrogen (secondary N) is 2. The molecule has 2 heterocycles. The first-order valence-corrected chi connectivity index (χ1v) is 11.3. The van der Waals surface area contributed by atoms with E-state index in [0.29, 0.717) is 6.04 Å². The number of aliphatic imine (C=N–C) groups is 1. The van der Waals surface area contributed by atoms with E-state index in [9.17, 15) is 0 Å². The van der Waals surface area contributed by atoms with Gasteiger partial charge >= 0.3 is 0 Å². The summed E-state index contributed by atoms with van der Waals surface area (Å²) in [6.45, 7) is 9.96. The molecule has 2 saturated heterocycles. The van der Waals surface area contributed by atoms with E-state index in [1.165, 1.54) is 5.69 Å². The molecule has 0 aromatic heterocycles. The van der Waals surface area contributed by atoms with Gasteiger partial charge in [0.25, 0.3) is 0 Å². The Morgan fingerprint density at radius 3 is 2.68 bits per heavy atom. The van der Waals surface area contributed by atoms with Crippen LogP contribution in [0, 0.1) is 0 Å². The number of thioether (sulfide) groups is 1. The number of nitrogens with zero attached hydrogens (tertiary/aromatic N) is 2. The molecule has 0 radical (unpaired) electrons. The van der Waals surface area contributed by atoms with E-state index in [4.69, 9.17) is 9.73 Å². The van der Waals surface area contributed by atoms with Crippen molar-refractivity contribution in [1.29, 1.82) is 0 Å². The predicted octanol–water partition coefficient (Wildman–Crippen LogP) is 3.74. The number of benzene rings is 1. The van der Waals surface area contributed by atoms with Crippen LogP contribution in [0.25, 0.3) is 0 Å². The molecule has 2 aliphatic heterocycles. The first-order chi connectivity index (χ1) is 13.2. The van der Waals surface area contributed by atoms with Gasteiger partial charge in [0.15, 0.2) is 5.96 Å². The first kappa shape index (κ1) is 23.6. The van der Waals surface area contributed by atoms with Gasteiger partial charge in [0, 0.05) is 49.3 Å². The summed E-state index contributed by atoms with van der Waals surface area (Å²) < 4.78 is 5.83. The molecule has 0 amide bonds. The van der Waals surface area contributed by atoms with Crippen molar-refractivity contribution >= 4 is 47.4 Å². The quantitative estimate of drug-likeness (QED) is 0.327. The van der Waals surface area contributed by atoms with E-state index in [1.807, 2.05) is 11.8 Å². The molecule has 158 valence electrons. The second kappa shape index (κ2) is 12.1. The van der Waals surface area contributed by atoms with E-state index in [0.717, 1.165) is 70.4 Å². The Morgan fingerprint density at radius 1 is 1.25 bits per heavy atom. The Bertz CT molecular complexity index is 590. The monoisotopic (exact) mass is 518 g/mol. The lowest BCUT2D eigenvalue weighted by Crippen LogP contribution is -2.46. The molecule has 2 fully saturated rings. The fourth-order valence-electron chi connectivity index (χ4n) is 3.89. The summed E-state index contributed by atoms with van der Waals surface area (Å²) in [4.78, 5) is 7.44. The summed E-state index contributed by atoms with van der Waals surface area (Å²) in [7, 11) is 0. The lowest BCUT2D eigenvalue weighted by Gasteiger charge is -2.35. The molecule has 0 aliphatic carbocycles. The van der Waals surface area contributed by atoms with Crippen LogP contribution in [0.4, 0.5) is 5.69 Å². The third-order valence-corrected chi connectivity index (χ3v) is 6.81. The van der Waals surface area contributed by atoms with Gasteiger partial charge in [0.05, 0.1) is 6.54 Å². The highest BCUT2D eigenvalue weighted by Gasteiger charge is 2.32. The molecule has 0 bridgehead atoms. The van der Waals surface area contributed by atoms with E-state index in [2.05, 4.69) is 59.7 Å². The molecule has 1 atom stereocenters. The summed E-state index contributed by atoms with van der Waals surface area (Å²) >= 11 is 2.05. The van der Waals surface area contributed by atoms with E-state index < -0.39 is 0 Å². The van der Waals surface area contributed by atoms with Crippen molar-refractivity contribution in [3.8, 4) is 0 Å². The number of rotatable bonds is 7. The normalized spacial score (nSPS) is 21.9. The lowest BCUT2D eigenvalue weighted by molar-refractivity contribution is 0.0793. The largest absolute Gasteiger partial charge is 0.381 e. The van der Waals surface area contributed by atoms with Crippen LogP contribution in [0.15, 0.2) is 35.3 Å². The third kappa shape index (κ3) is 6.69. The van der Waals surface area contributed by atoms with Crippen molar-refractivity contribution in [2.24, 2.45) is 4.99 Å². The number of halogens is 1. The predicted molar refractivity (Wildman–Crippen MR) is 133 cm³/mol. The van der Waals surface area contributed by atoms with Crippen LogP contribution < -0.4 is 15.5 Å². The van der Waals surface area contributed by atoms with Gasteiger partial charge in [0.1, 0.15) is 0 Å². The number of hydrogen-bond donors (Lipinski definition) is 2. The minimum absolute atomic E-state index is 0. The molecular formula is C21H35IN4OS. The second-order valence-electron chi connectivity index (χ2n) is 7.34. The van der Waals surface area contributed by atoms with Gasteiger partial charge in [-0.3, -0.25) is 4.99 Å². The van der Waals surface area contributed by atoms with Crippen LogP contribution in [0.2, 0.25) is 0 Å². The van der Waals surface area contributed by atoms with Gasteiger partial charge in [-0.15, -0.1) is 24.0 Å². The summed E-state index contributed by atoms with van der Waals surface area (Å²) in [6, 6.07) is 11.1. The van der Waals surface area contributed by atoms with Crippen molar-refractivity contribution in [3.05, 3.63) is 30.3 Å². The average Bonchev–Trinajstić information content (AvgIpc) is 3.17. The highest BCUT2D eigenvalue weighted by atomic mass is 127. The van der Waals surface area contributed by atoms with E-state index in [-0.39, 0.29) is 28.7 Å². The van der Waals surface area contributed by atoms with Crippen molar-refractivity contribution in [2.75, 3.05) is 50.0 Å². The minimum Gasteiger partial charge on any atom is -0.381 e. The minimum atomic E-state index is 0. The SMILES string of the molecule is CCNC(=NCC1(SCC)CCOCC1)NC1CCN(c2ccccc2)C1.I. The molecule has 5 nitrogen and oxygen atoms in total. The van der Waals surface area contributed by atoms with Crippen molar-refractivity contribution in [3.63, 3.8) is 0 Å². The van der Waals surface area contributed by atoms with Crippen LogP contribution >= 0.6 is 35.7 Å². The molecule has 2 aliphatic rings. The third-order valence-electron chi connectivity index (χ3n) is 5.37.